The van der Waals surface area contributed by atoms with Gasteiger partial charge in [0.1, 0.15) is 4.83 Å². The van der Waals surface area contributed by atoms with Crippen molar-refractivity contribution < 1.29 is 4.79 Å². The Balaban J connectivity index is 1.58. The first-order valence-corrected chi connectivity index (χ1v) is 10.5. The van der Waals surface area contributed by atoms with Crippen LogP contribution in [0.15, 0.2) is 59.8 Å². The number of thiophene rings is 1. The summed E-state index contributed by atoms with van der Waals surface area (Å²) in [5.41, 5.74) is 2.83. The minimum Gasteiger partial charge on any atom is -0.304 e. The molecular weight excluding hydrogens is 376 g/mol. The maximum Gasteiger partial charge on any atom is 0.268 e. The number of anilines is 1. The Hall–Kier alpha value is -2.64. The highest BCUT2D eigenvalue weighted by Gasteiger charge is 2.26. The van der Waals surface area contributed by atoms with Gasteiger partial charge in [0.25, 0.3) is 5.91 Å². The van der Waals surface area contributed by atoms with Gasteiger partial charge in [-0.3, -0.25) is 9.78 Å². The van der Waals surface area contributed by atoms with E-state index in [-0.39, 0.29) is 5.91 Å². The number of aryl methyl sites for hydroxylation is 1. The number of amides is 1. The van der Waals surface area contributed by atoms with Crippen LogP contribution in [0.25, 0.3) is 15.9 Å². The molecule has 1 amide bonds. The number of nitrogens with zero attached hydrogens (tertiary/aromatic N) is 4. The lowest BCUT2D eigenvalue weighted by molar-refractivity contribution is 0.0991. The second-order valence-electron chi connectivity index (χ2n) is 6.31. The van der Waals surface area contributed by atoms with E-state index >= 15 is 0 Å². The maximum atomic E-state index is 13.3. The smallest absolute Gasteiger partial charge is 0.268 e. The third-order valence-corrected chi connectivity index (χ3v) is 6.77. The molecule has 0 saturated heterocycles. The number of thioether (sulfide) groups is 1. The molecule has 0 atom stereocenters. The van der Waals surface area contributed by atoms with Crippen LogP contribution in [0.1, 0.15) is 15.4 Å². The minimum absolute atomic E-state index is 0.0322. The van der Waals surface area contributed by atoms with Crippen molar-refractivity contribution in [2.45, 2.75) is 11.8 Å². The Kier molecular flexibility index (Phi) is 3.98. The molecule has 5 nitrogen and oxygen atoms in total. The molecular formula is C20H16N4OS2. The van der Waals surface area contributed by atoms with Gasteiger partial charge in [-0.1, -0.05) is 18.2 Å². The highest BCUT2D eigenvalue weighted by Crippen LogP contribution is 2.36. The fourth-order valence-electron chi connectivity index (χ4n) is 3.31. The highest BCUT2D eigenvalue weighted by atomic mass is 32.2. The van der Waals surface area contributed by atoms with Crippen LogP contribution in [0.5, 0.6) is 0 Å². The Morgan fingerprint density at radius 3 is 2.89 bits per heavy atom. The molecule has 4 aromatic rings. The van der Waals surface area contributed by atoms with Crippen molar-refractivity contribution in [3.8, 4) is 5.69 Å². The number of hydrogen-bond acceptors (Lipinski definition) is 5. The van der Waals surface area contributed by atoms with Crippen LogP contribution in [0.4, 0.5) is 5.69 Å². The number of carbonyl (C=O) groups excluding carboxylic acids is 1. The average molecular weight is 393 g/mol. The summed E-state index contributed by atoms with van der Waals surface area (Å²) < 4.78 is 1.92. The van der Waals surface area contributed by atoms with Crippen molar-refractivity contribution in [3.05, 3.63) is 65.4 Å². The number of para-hydroxylation sites is 1. The van der Waals surface area contributed by atoms with Crippen LogP contribution in [0.3, 0.4) is 0 Å². The van der Waals surface area contributed by atoms with Crippen molar-refractivity contribution in [2.75, 3.05) is 17.2 Å². The molecule has 1 aliphatic rings. The second kappa shape index (κ2) is 6.51. The fraction of sp³-hybridized carbons (Fsp3) is 0.150. The summed E-state index contributed by atoms with van der Waals surface area (Å²) in [5, 5.41) is 5.69. The van der Waals surface area contributed by atoms with Crippen molar-refractivity contribution in [1.82, 2.24) is 14.8 Å². The Morgan fingerprint density at radius 2 is 2.04 bits per heavy atom. The number of carbonyl (C=O) groups is 1. The number of hydrogen-bond donors (Lipinski definition) is 0. The summed E-state index contributed by atoms with van der Waals surface area (Å²) >= 11 is 3.27. The second-order valence-corrected chi connectivity index (χ2v) is 8.48. The lowest BCUT2D eigenvalue weighted by atomic mass is 10.2. The van der Waals surface area contributed by atoms with Crippen molar-refractivity contribution >= 4 is 44.9 Å². The van der Waals surface area contributed by atoms with E-state index in [0.29, 0.717) is 6.54 Å². The first-order valence-electron chi connectivity index (χ1n) is 8.65. The summed E-state index contributed by atoms with van der Waals surface area (Å²) in [6, 6.07) is 14.0. The number of fused-ring (bicyclic) bond motifs is 2. The molecule has 3 aromatic heterocycles. The molecule has 0 radical (unpaired) electrons. The summed E-state index contributed by atoms with van der Waals surface area (Å²) in [5.74, 6) is 0.926. The molecule has 5 rings (SSSR count). The van der Waals surface area contributed by atoms with Crippen LogP contribution in [-0.2, 0) is 0 Å². The molecule has 0 unspecified atom stereocenters. The molecule has 1 aliphatic heterocycles. The van der Waals surface area contributed by atoms with E-state index in [1.165, 1.54) is 11.3 Å². The van der Waals surface area contributed by atoms with E-state index < -0.39 is 0 Å². The molecule has 0 spiro atoms. The Morgan fingerprint density at radius 1 is 1.19 bits per heavy atom. The van der Waals surface area contributed by atoms with Gasteiger partial charge in [0.15, 0.2) is 0 Å². The lowest BCUT2D eigenvalue weighted by Gasteiger charge is -2.28. The number of rotatable bonds is 2. The zero-order valence-corrected chi connectivity index (χ0v) is 16.3. The molecule has 7 heteroatoms. The van der Waals surface area contributed by atoms with Gasteiger partial charge in [0.05, 0.1) is 28.1 Å². The van der Waals surface area contributed by atoms with E-state index in [1.807, 2.05) is 59.0 Å². The lowest BCUT2D eigenvalue weighted by Crippen LogP contribution is -2.35. The number of aromatic nitrogens is 3. The van der Waals surface area contributed by atoms with Crippen molar-refractivity contribution in [3.63, 3.8) is 0 Å². The third-order valence-electron chi connectivity index (χ3n) is 4.63. The number of pyridine rings is 1. The topological polar surface area (TPSA) is 51.0 Å². The molecule has 0 saturated carbocycles. The van der Waals surface area contributed by atoms with Gasteiger partial charge in [-0.15, -0.1) is 23.1 Å². The molecule has 0 fully saturated rings. The predicted molar refractivity (Wildman–Crippen MR) is 110 cm³/mol. The fourth-order valence-corrected chi connectivity index (χ4v) is 5.40. The van der Waals surface area contributed by atoms with Crippen LogP contribution in [0.2, 0.25) is 0 Å². The quantitative estimate of drug-likeness (QED) is 0.502. The molecule has 0 bridgehead atoms. The summed E-state index contributed by atoms with van der Waals surface area (Å²) in [6.45, 7) is 2.68. The first kappa shape index (κ1) is 16.5. The third kappa shape index (κ3) is 2.74. The van der Waals surface area contributed by atoms with E-state index in [9.17, 15) is 4.79 Å². The van der Waals surface area contributed by atoms with Crippen LogP contribution < -0.4 is 4.90 Å². The predicted octanol–water partition coefficient (Wildman–Crippen LogP) is 4.54. The largest absolute Gasteiger partial charge is 0.304 e. The summed E-state index contributed by atoms with van der Waals surface area (Å²) in [4.78, 5) is 22.2. The minimum atomic E-state index is 0.0322. The van der Waals surface area contributed by atoms with Crippen molar-refractivity contribution in [1.29, 1.82) is 0 Å². The van der Waals surface area contributed by atoms with Gasteiger partial charge >= 0.3 is 0 Å². The zero-order chi connectivity index (χ0) is 18.4. The van der Waals surface area contributed by atoms with E-state index in [1.54, 1.807) is 24.2 Å². The normalized spacial score (nSPS) is 13.7. The van der Waals surface area contributed by atoms with Crippen LogP contribution in [0, 0.1) is 6.92 Å². The average Bonchev–Trinajstić information content (AvgIpc) is 3.28. The Bertz CT molecular complexity index is 1150. The molecule has 134 valence electrons. The van der Waals surface area contributed by atoms with Gasteiger partial charge in [0, 0.05) is 28.8 Å². The Labute approximate surface area is 164 Å². The molecule has 0 aliphatic carbocycles. The zero-order valence-electron chi connectivity index (χ0n) is 14.6. The molecule has 0 N–H and O–H groups in total. The van der Waals surface area contributed by atoms with Gasteiger partial charge in [-0.25, -0.2) is 4.68 Å². The van der Waals surface area contributed by atoms with E-state index in [4.69, 9.17) is 0 Å². The monoisotopic (exact) mass is 392 g/mol. The maximum absolute atomic E-state index is 13.3. The van der Waals surface area contributed by atoms with Gasteiger partial charge in [-0.2, -0.15) is 5.10 Å². The molecule has 4 heterocycles. The van der Waals surface area contributed by atoms with E-state index in [0.717, 1.165) is 42.8 Å². The van der Waals surface area contributed by atoms with Gasteiger partial charge in [-0.05, 0) is 31.2 Å². The summed E-state index contributed by atoms with van der Waals surface area (Å²) in [6.07, 6.45) is 3.56. The standard InChI is InChI=1S/C20H16N4OS2/c1-13-15-11-18(27-20(15)24(22-13)14-5-3-2-4-6-14)19(25)23-9-10-26-17-7-8-21-12-16(17)23/h2-8,11-12H,9-10H2,1H3. The van der Waals surface area contributed by atoms with Crippen LogP contribution in [-0.4, -0.2) is 33.0 Å². The first-order chi connectivity index (χ1) is 13.2. The van der Waals surface area contributed by atoms with E-state index in [2.05, 4.69) is 10.1 Å². The summed E-state index contributed by atoms with van der Waals surface area (Å²) in [7, 11) is 0. The molecule has 27 heavy (non-hydrogen) atoms. The SMILES string of the molecule is Cc1nn(-c2ccccc2)c2sc(C(=O)N3CCSc4ccncc43)cc12. The number of benzene rings is 1. The van der Waals surface area contributed by atoms with Gasteiger partial charge in [0.2, 0.25) is 0 Å². The molecule has 1 aromatic carbocycles. The van der Waals surface area contributed by atoms with Crippen LogP contribution >= 0.6 is 23.1 Å². The van der Waals surface area contributed by atoms with Crippen molar-refractivity contribution in [2.24, 2.45) is 0 Å². The highest BCUT2D eigenvalue weighted by molar-refractivity contribution is 7.99. The van der Waals surface area contributed by atoms with Gasteiger partial charge < -0.3 is 4.90 Å².